The van der Waals surface area contributed by atoms with Gasteiger partial charge in [-0.3, -0.25) is 10.0 Å². The molecule has 0 radical (unpaired) electrons. The van der Waals surface area contributed by atoms with Gasteiger partial charge >= 0.3 is 0 Å². The summed E-state index contributed by atoms with van der Waals surface area (Å²) in [6.07, 6.45) is 4.51. The lowest BCUT2D eigenvalue weighted by molar-refractivity contribution is -0.129. The van der Waals surface area contributed by atoms with Crippen LogP contribution in [0, 0.1) is 0 Å². The predicted octanol–water partition coefficient (Wildman–Crippen LogP) is 2.23. The molecule has 4 nitrogen and oxygen atoms in total. The third-order valence-electron chi connectivity index (χ3n) is 2.80. The van der Waals surface area contributed by atoms with Gasteiger partial charge in [-0.15, -0.1) is 0 Å². The second-order valence-electron chi connectivity index (χ2n) is 4.36. The number of nitrogens with one attached hydrogen (secondary N) is 2. The first-order valence-electron chi connectivity index (χ1n) is 6.50. The Morgan fingerprint density at radius 2 is 1.78 bits per heavy atom. The van der Waals surface area contributed by atoms with Gasteiger partial charge in [0.05, 0.1) is 0 Å². The molecule has 1 aromatic carbocycles. The number of hydrogen-bond donors (Lipinski definition) is 3. The van der Waals surface area contributed by atoms with Gasteiger partial charge in [0.25, 0.3) is 0 Å². The molecule has 1 amide bonds. The molecular formula is C14H22N2O2. The number of benzene rings is 1. The van der Waals surface area contributed by atoms with Gasteiger partial charge in [-0.2, -0.15) is 0 Å². The van der Waals surface area contributed by atoms with Gasteiger partial charge in [0, 0.05) is 13.0 Å². The number of hydrogen-bond acceptors (Lipinski definition) is 3. The van der Waals surface area contributed by atoms with E-state index in [1.165, 1.54) is 5.56 Å². The zero-order valence-corrected chi connectivity index (χ0v) is 10.7. The first-order valence-corrected chi connectivity index (χ1v) is 6.50. The van der Waals surface area contributed by atoms with Gasteiger partial charge in [-0.05, 0) is 24.9 Å². The van der Waals surface area contributed by atoms with Crippen LogP contribution in [-0.4, -0.2) is 17.7 Å². The van der Waals surface area contributed by atoms with Crippen molar-refractivity contribution in [2.75, 3.05) is 6.54 Å². The third-order valence-corrected chi connectivity index (χ3v) is 2.80. The molecule has 100 valence electrons. The van der Waals surface area contributed by atoms with E-state index in [4.69, 9.17) is 5.21 Å². The van der Waals surface area contributed by atoms with E-state index in [0.717, 1.165) is 38.8 Å². The van der Waals surface area contributed by atoms with Crippen LogP contribution < -0.4 is 10.8 Å². The third kappa shape index (κ3) is 7.04. The molecule has 0 bridgehead atoms. The average molecular weight is 250 g/mol. The van der Waals surface area contributed by atoms with Crippen molar-refractivity contribution >= 4 is 5.91 Å². The molecule has 4 heteroatoms. The summed E-state index contributed by atoms with van der Waals surface area (Å²) in [5.41, 5.74) is 2.95. The Bertz CT molecular complexity index is 328. The van der Waals surface area contributed by atoms with Crippen molar-refractivity contribution in [2.45, 2.75) is 38.6 Å². The fourth-order valence-electron chi connectivity index (χ4n) is 1.77. The summed E-state index contributed by atoms with van der Waals surface area (Å²) >= 11 is 0. The molecule has 0 unspecified atom stereocenters. The highest BCUT2D eigenvalue weighted by Crippen LogP contribution is 2.03. The van der Waals surface area contributed by atoms with E-state index >= 15 is 0 Å². The van der Waals surface area contributed by atoms with Crippen molar-refractivity contribution in [1.29, 1.82) is 0 Å². The van der Waals surface area contributed by atoms with E-state index in [-0.39, 0.29) is 5.91 Å². The maximum Gasteiger partial charge on any atom is 0.243 e. The number of hydroxylamine groups is 1. The number of carbonyl (C=O) groups is 1. The van der Waals surface area contributed by atoms with E-state index in [0.29, 0.717) is 6.42 Å². The lowest BCUT2D eigenvalue weighted by Gasteiger charge is -2.04. The van der Waals surface area contributed by atoms with Crippen molar-refractivity contribution in [3.63, 3.8) is 0 Å². The van der Waals surface area contributed by atoms with Gasteiger partial charge in [-0.25, -0.2) is 5.48 Å². The maximum absolute atomic E-state index is 10.7. The van der Waals surface area contributed by atoms with E-state index in [9.17, 15) is 4.79 Å². The molecule has 0 saturated heterocycles. The Balaban J connectivity index is 1.89. The highest BCUT2D eigenvalue weighted by atomic mass is 16.5. The van der Waals surface area contributed by atoms with Crippen LogP contribution in [0.15, 0.2) is 30.3 Å². The number of unbranched alkanes of at least 4 members (excludes halogenated alkanes) is 3. The van der Waals surface area contributed by atoms with Crippen LogP contribution in [0.25, 0.3) is 0 Å². The minimum Gasteiger partial charge on any atom is -0.313 e. The molecule has 0 atom stereocenters. The molecule has 1 rings (SSSR count). The molecule has 0 aromatic heterocycles. The van der Waals surface area contributed by atoms with Gasteiger partial charge in [-0.1, -0.05) is 43.2 Å². The van der Waals surface area contributed by atoms with Crippen LogP contribution in [0.3, 0.4) is 0 Å². The van der Waals surface area contributed by atoms with Gasteiger partial charge in [0.15, 0.2) is 0 Å². The lowest BCUT2D eigenvalue weighted by atomic mass is 10.1. The first-order chi connectivity index (χ1) is 8.83. The van der Waals surface area contributed by atoms with Gasteiger partial charge in [0.2, 0.25) is 5.91 Å². The summed E-state index contributed by atoms with van der Waals surface area (Å²) in [4.78, 5) is 10.7. The SMILES string of the molecule is O=C(CCCCCCNCc1ccccc1)NO. The van der Waals surface area contributed by atoms with Crippen molar-refractivity contribution < 1.29 is 10.0 Å². The summed E-state index contributed by atoms with van der Waals surface area (Å²) in [5.74, 6) is -0.294. The highest BCUT2D eigenvalue weighted by Gasteiger charge is 1.98. The number of amides is 1. The monoisotopic (exact) mass is 250 g/mol. The maximum atomic E-state index is 10.7. The van der Waals surface area contributed by atoms with Crippen molar-refractivity contribution in [1.82, 2.24) is 10.8 Å². The first kappa shape index (κ1) is 14.7. The van der Waals surface area contributed by atoms with Crippen LogP contribution in [0.2, 0.25) is 0 Å². The summed E-state index contributed by atoms with van der Waals surface area (Å²) in [7, 11) is 0. The molecule has 0 aliphatic carbocycles. The zero-order chi connectivity index (χ0) is 13.1. The standard InChI is InChI=1S/C14H22N2O2/c17-14(16-18)10-6-1-2-7-11-15-12-13-8-4-3-5-9-13/h3-5,8-9,15,18H,1-2,6-7,10-12H2,(H,16,17). The molecule has 0 aliphatic heterocycles. The Labute approximate surface area is 108 Å². The molecule has 3 N–H and O–H groups in total. The van der Waals surface area contributed by atoms with Gasteiger partial charge in [0.1, 0.15) is 0 Å². The predicted molar refractivity (Wildman–Crippen MR) is 71.2 cm³/mol. The molecular weight excluding hydrogens is 228 g/mol. The molecule has 0 heterocycles. The summed E-state index contributed by atoms with van der Waals surface area (Å²) in [5, 5.41) is 11.7. The summed E-state index contributed by atoms with van der Waals surface area (Å²) in [6.45, 7) is 1.91. The normalized spacial score (nSPS) is 10.3. The largest absolute Gasteiger partial charge is 0.313 e. The van der Waals surface area contributed by atoms with Crippen LogP contribution in [-0.2, 0) is 11.3 Å². The van der Waals surface area contributed by atoms with E-state index in [1.54, 1.807) is 5.48 Å². The van der Waals surface area contributed by atoms with Crippen LogP contribution >= 0.6 is 0 Å². The highest BCUT2D eigenvalue weighted by molar-refractivity contribution is 5.74. The van der Waals surface area contributed by atoms with E-state index in [1.807, 2.05) is 18.2 Å². The second kappa shape index (κ2) is 9.62. The van der Waals surface area contributed by atoms with Crippen LogP contribution in [0.5, 0.6) is 0 Å². The van der Waals surface area contributed by atoms with Crippen LogP contribution in [0.1, 0.15) is 37.7 Å². The average Bonchev–Trinajstić information content (AvgIpc) is 2.42. The number of carbonyl (C=O) groups excluding carboxylic acids is 1. The van der Waals surface area contributed by atoms with E-state index in [2.05, 4.69) is 17.4 Å². The Morgan fingerprint density at radius 3 is 2.50 bits per heavy atom. The molecule has 0 spiro atoms. The Morgan fingerprint density at radius 1 is 1.06 bits per heavy atom. The fraction of sp³-hybridized carbons (Fsp3) is 0.500. The fourth-order valence-corrected chi connectivity index (χ4v) is 1.77. The molecule has 1 aromatic rings. The quantitative estimate of drug-likeness (QED) is 0.358. The summed E-state index contributed by atoms with van der Waals surface area (Å²) in [6, 6.07) is 10.3. The topological polar surface area (TPSA) is 61.4 Å². The molecule has 18 heavy (non-hydrogen) atoms. The lowest BCUT2D eigenvalue weighted by Crippen LogP contribution is -2.17. The van der Waals surface area contributed by atoms with E-state index < -0.39 is 0 Å². The molecule has 0 fully saturated rings. The van der Waals surface area contributed by atoms with Crippen molar-refractivity contribution in [3.05, 3.63) is 35.9 Å². The number of rotatable bonds is 9. The summed E-state index contributed by atoms with van der Waals surface area (Å²) < 4.78 is 0. The minimum atomic E-state index is -0.294. The molecule has 0 saturated carbocycles. The van der Waals surface area contributed by atoms with Gasteiger partial charge < -0.3 is 5.32 Å². The van der Waals surface area contributed by atoms with Crippen molar-refractivity contribution in [2.24, 2.45) is 0 Å². The Hall–Kier alpha value is -1.39. The smallest absolute Gasteiger partial charge is 0.243 e. The Kier molecular flexibility index (Phi) is 7.84. The second-order valence-corrected chi connectivity index (χ2v) is 4.36. The van der Waals surface area contributed by atoms with Crippen molar-refractivity contribution in [3.8, 4) is 0 Å². The van der Waals surface area contributed by atoms with Crippen LogP contribution in [0.4, 0.5) is 0 Å². The zero-order valence-electron chi connectivity index (χ0n) is 10.7. The minimum absolute atomic E-state index is 0.294. The molecule has 0 aliphatic rings.